The Bertz CT molecular complexity index is 814. The quantitative estimate of drug-likeness (QED) is 0.754. The summed E-state index contributed by atoms with van der Waals surface area (Å²) in [4.78, 5) is 16.7. The van der Waals surface area contributed by atoms with Crippen molar-refractivity contribution in [2.24, 2.45) is 0 Å². The lowest BCUT2D eigenvalue weighted by atomic mass is 9.98. The van der Waals surface area contributed by atoms with Crippen LogP contribution >= 0.6 is 11.3 Å². The molecule has 118 valence electrons. The molecular formula is C18H18N2O2S. The number of ether oxygens (including phenoxy) is 1. The molecule has 1 aromatic heterocycles. The van der Waals surface area contributed by atoms with E-state index in [1.54, 1.807) is 7.11 Å². The average Bonchev–Trinajstić information content (AvgIpc) is 2.96. The first-order valence-corrected chi connectivity index (χ1v) is 8.26. The number of hydrogen-bond acceptors (Lipinski definition) is 4. The summed E-state index contributed by atoms with van der Waals surface area (Å²) >= 11 is 1.45. The van der Waals surface area contributed by atoms with Crippen LogP contribution in [0.5, 0.6) is 5.75 Å². The molecule has 0 bridgehead atoms. The zero-order chi connectivity index (χ0) is 16.2. The molecule has 3 rings (SSSR count). The highest BCUT2D eigenvalue weighted by molar-refractivity contribution is 7.22. The van der Waals surface area contributed by atoms with Gasteiger partial charge in [0, 0.05) is 6.42 Å². The molecule has 1 heterocycles. The van der Waals surface area contributed by atoms with Crippen LogP contribution in [0.25, 0.3) is 10.2 Å². The fourth-order valence-electron chi connectivity index (χ4n) is 2.43. The number of carbonyl (C=O) groups is 1. The molecule has 0 aliphatic heterocycles. The number of benzene rings is 2. The van der Waals surface area contributed by atoms with E-state index in [1.807, 2.05) is 48.5 Å². The van der Waals surface area contributed by atoms with Crippen LogP contribution in [0.15, 0.2) is 48.5 Å². The molecule has 4 nitrogen and oxygen atoms in total. The number of rotatable bonds is 5. The molecule has 5 heteroatoms. The molecule has 1 unspecified atom stereocenters. The third-order valence-corrected chi connectivity index (χ3v) is 4.64. The third kappa shape index (κ3) is 3.68. The molecule has 0 aliphatic carbocycles. The second-order valence-corrected chi connectivity index (χ2v) is 6.45. The van der Waals surface area contributed by atoms with Crippen molar-refractivity contribution >= 4 is 32.6 Å². The van der Waals surface area contributed by atoms with E-state index in [1.165, 1.54) is 11.3 Å². The molecule has 0 aliphatic rings. The van der Waals surface area contributed by atoms with E-state index in [-0.39, 0.29) is 11.8 Å². The van der Waals surface area contributed by atoms with Gasteiger partial charge in [-0.3, -0.25) is 4.79 Å². The van der Waals surface area contributed by atoms with E-state index in [0.717, 1.165) is 21.5 Å². The second kappa shape index (κ2) is 6.79. The maximum absolute atomic E-state index is 12.2. The molecular weight excluding hydrogens is 308 g/mol. The van der Waals surface area contributed by atoms with Crippen LogP contribution < -0.4 is 10.1 Å². The Morgan fingerprint density at radius 1 is 1.26 bits per heavy atom. The second-order valence-electron chi connectivity index (χ2n) is 5.42. The smallest absolute Gasteiger partial charge is 0.226 e. The number of aromatic nitrogens is 1. The van der Waals surface area contributed by atoms with Gasteiger partial charge in [0.25, 0.3) is 0 Å². The number of carbonyl (C=O) groups excluding carboxylic acids is 1. The van der Waals surface area contributed by atoms with Crippen molar-refractivity contribution in [3.63, 3.8) is 0 Å². The van der Waals surface area contributed by atoms with Gasteiger partial charge in [-0.05, 0) is 29.7 Å². The van der Waals surface area contributed by atoms with Crippen molar-refractivity contribution in [3.05, 3.63) is 54.1 Å². The summed E-state index contributed by atoms with van der Waals surface area (Å²) in [5, 5.41) is 3.52. The number of anilines is 1. The Hall–Kier alpha value is -2.40. The van der Waals surface area contributed by atoms with Crippen molar-refractivity contribution < 1.29 is 9.53 Å². The minimum absolute atomic E-state index is 0.0209. The fourth-order valence-corrected chi connectivity index (χ4v) is 3.34. The first-order chi connectivity index (χ1) is 11.2. The van der Waals surface area contributed by atoms with Crippen LogP contribution in [0.4, 0.5) is 5.13 Å². The highest BCUT2D eigenvalue weighted by atomic mass is 32.1. The van der Waals surface area contributed by atoms with Crippen molar-refractivity contribution in [1.29, 1.82) is 0 Å². The van der Waals surface area contributed by atoms with E-state index in [0.29, 0.717) is 11.6 Å². The molecule has 0 saturated heterocycles. The summed E-state index contributed by atoms with van der Waals surface area (Å²) in [5.41, 5.74) is 2.03. The van der Waals surface area contributed by atoms with Gasteiger partial charge in [-0.15, -0.1) is 0 Å². The maximum Gasteiger partial charge on any atom is 0.226 e. The van der Waals surface area contributed by atoms with E-state index in [4.69, 9.17) is 4.74 Å². The van der Waals surface area contributed by atoms with E-state index in [9.17, 15) is 4.79 Å². The van der Waals surface area contributed by atoms with Crippen LogP contribution in [-0.2, 0) is 4.79 Å². The molecule has 0 radical (unpaired) electrons. The Balaban J connectivity index is 1.68. The number of hydrogen-bond donors (Lipinski definition) is 1. The largest absolute Gasteiger partial charge is 0.497 e. The summed E-state index contributed by atoms with van der Waals surface area (Å²) in [6, 6.07) is 15.7. The lowest BCUT2D eigenvalue weighted by molar-refractivity contribution is -0.116. The summed E-state index contributed by atoms with van der Waals surface area (Å²) in [7, 11) is 1.63. The van der Waals surface area contributed by atoms with Crippen LogP contribution in [0, 0.1) is 0 Å². The van der Waals surface area contributed by atoms with Gasteiger partial charge in [-0.25, -0.2) is 4.98 Å². The molecule has 1 amide bonds. The van der Waals surface area contributed by atoms with Crippen LogP contribution in [0.2, 0.25) is 0 Å². The van der Waals surface area contributed by atoms with Crippen LogP contribution in [0.3, 0.4) is 0 Å². The topological polar surface area (TPSA) is 51.2 Å². The molecule has 23 heavy (non-hydrogen) atoms. The van der Waals surface area contributed by atoms with Gasteiger partial charge in [-0.1, -0.05) is 48.6 Å². The van der Waals surface area contributed by atoms with Crippen LogP contribution in [0.1, 0.15) is 24.8 Å². The van der Waals surface area contributed by atoms with Gasteiger partial charge < -0.3 is 10.1 Å². The highest BCUT2D eigenvalue weighted by Crippen LogP contribution is 2.29. The predicted octanol–water partition coefficient (Wildman–Crippen LogP) is 4.44. The zero-order valence-electron chi connectivity index (χ0n) is 13.1. The number of nitrogens with one attached hydrogen (secondary N) is 1. The van der Waals surface area contributed by atoms with Gasteiger partial charge in [0.15, 0.2) is 5.13 Å². The number of nitrogens with zero attached hydrogens (tertiary/aromatic N) is 1. The van der Waals surface area contributed by atoms with Gasteiger partial charge in [0.2, 0.25) is 5.91 Å². The molecule has 1 atom stereocenters. The molecule has 3 aromatic rings. The standard InChI is InChI=1S/C18H18N2O2S/c1-12(13-6-4-3-5-7-13)10-17(21)20-18-19-15-9-8-14(22-2)11-16(15)23-18/h3-9,11-12H,10H2,1-2H3,(H,19,20,21). The lowest BCUT2D eigenvalue weighted by Gasteiger charge is -2.10. The number of thiazole rings is 1. The summed E-state index contributed by atoms with van der Waals surface area (Å²) < 4.78 is 6.20. The highest BCUT2D eigenvalue weighted by Gasteiger charge is 2.13. The molecule has 0 spiro atoms. The molecule has 1 N–H and O–H groups in total. The van der Waals surface area contributed by atoms with Gasteiger partial charge >= 0.3 is 0 Å². The lowest BCUT2D eigenvalue weighted by Crippen LogP contribution is -2.14. The molecule has 0 saturated carbocycles. The number of amides is 1. The van der Waals surface area contributed by atoms with E-state index >= 15 is 0 Å². The van der Waals surface area contributed by atoms with Gasteiger partial charge in [-0.2, -0.15) is 0 Å². The fraction of sp³-hybridized carbons (Fsp3) is 0.222. The Kier molecular flexibility index (Phi) is 4.57. The van der Waals surface area contributed by atoms with Crippen molar-refractivity contribution in [1.82, 2.24) is 4.98 Å². The Morgan fingerprint density at radius 3 is 2.78 bits per heavy atom. The molecule has 0 fully saturated rings. The first-order valence-electron chi connectivity index (χ1n) is 7.45. The summed E-state index contributed by atoms with van der Waals surface area (Å²) in [5.74, 6) is 0.940. The Morgan fingerprint density at radius 2 is 2.04 bits per heavy atom. The van der Waals surface area contributed by atoms with Crippen molar-refractivity contribution in [2.75, 3.05) is 12.4 Å². The summed E-state index contributed by atoms with van der Waals surface area (Å²) in [6.45, 7) is 2.05. The van der Waals surface area contributed by atoms with Crippen LogP contribution in [-0.4, -0.2) is 18.0 Å². The normalized spacial score (nSPS) is 12.1. The zero-order valence-corrected chi connectivity index (χ0v) is 13.9. The van der Waals surface area contributed by atoms with E-state index < -0.39 is 0 Å². The van der Waals surface area contributed by atoms with Crippen molar-refractivity contribution in [2.45, 2.75) is 19.3 Å². The Labute approximate surface area is 139 Å². The first kappa shape index (κ1) is 15.5. The number of fused-ring (bicyclic) bond motifs is 1. The monoisotopic (exact) mass is 326 g/mol. The van der Waals surface area contributed by atoms with Gasteiger partial charge in [0.05, 0.1) is 17.3 Å². The third-order valence-electron chi connectivity index (χ3n) is 3.70. The van der Waals surface area contributed by atoms with Crippen molar-refractivity contribution in [3.8, 4) is 5.75 Å². The predicted molar refractivity (Wildman–Crippen MR) is 94.3 cm³/mol. The maximum atomic E-state index is 12.2. The summed E-state index contributed by atoms with van der Waals surface area (Å²) in [6.07, 6.45) is 0.434. The van der Waals surface area contributed by atoms with E-state index in [2.05, 4.69) is 17.2 Å². The SMILES string of the molecule is COc1ccc2nc(NC(=O)CC(C)c3ccccc3)sc2c1. The van der Waals surface area contributed by atoms with Gasteiger partial charge in [0.1, 0.15) is 5.75 Å². The minimum Gasteiger partial charge on any atom is -0.497 e. The number of methoxy groups -OCH3 is 1. The average molecular weight is 326 g/mol. The molecule has 2 aromatic carbocycles. The minimum atomic E-state index is -0.0209.